The second-order valence-corrected chi connectivity index (χ2v) is 2.50. The molecule has 0 saturated carbocycles. The van der Waals surface area contributed by atoms with Gasteiger partial charge in [-0.1, -0.05) is 6.92 Å². The quantitative estimate of drug-likeness (QED) is 0.412. The van der Waals surface area contributed by atoms with Crippen LogP contribution < -0.4 is 0 Å². The SMILES string of the molecule is CCOCCCOC(C=O)CC. The predicted molar refractivity (Wildman–Crippen MR) is 47.2 cm³/mol. The highest BCUT2D eigenvalue weighted by atomic mass is 16.5. The lowest BCUT2D eigenvalue weighted by Gasteiger charge is -2.08. The molecule has 0 rings (SSSR count). The Kier molecular flexibility index (Phi) is 8.39. The summed E-state index contributed by atoms with van der Waals surface area (Å²) < 4.78 is 10.4. The summed E-state index contributed by atoms with van der Waals surface area (Å²) in [5.74, 6) is 0. The summed E-state index contributed by atoms with van der Waals surface area (Å²) in [6.45, 7) is 5.96. The van der Waals surface area contributed by atoms with Gasteiger partial charge in [0.2, 0.25) is 0 Å². The topological polar surface area (TPSA) is 35.5 Å². The van der Waals surface area contributed by atoms with Crippen LogP contribution in [-0.4, -0.2) is 32.2 Å². The molecule has 0 aliphatic rings. The maximum absolute atomic E-state index is 10.3. The largest absolute Gasteiger partial charge is 0.382 e. The van der Waals surface area contributed by atoms with Crippen molar-refractivity contribution in [2.24, 2.45) is 0 Å². The molecule has 0 aliphatic carbocycles. The highest BCUT2D eigenvalue weighted by Gasteiger charge is 2.02. The Morgan fingerprint density at radius 3 is 2.58 bits per heavy atom. The van der Waals surface area contributed by atoms with Crippen LogP contribution in [0.3, 0.4) is 0 Å². The third kappa shape index (κ3) is 6.31. The minimum Gasteiger partial charge on any atom is -0.382 e. The smallest absolute Gasteiger partial charge is 0.148 e. The minimum absolute atomic E-state index is 0.230. The molecule has 0 aromatic carbocycles. The first-order chi connectivity index (χ1) is 5.85. The van der Waals surface area contributed by atoms with Crippen LogP contribution in [-0.2, 0) is 14.3 Å². The first kappa shape index (κ1) is 11.6. The summed E-state index contributed by atoms with van der Waals surface area (Å²) in [6, 6.07) is 0. The van der Waals surface area contributed by atoms with Crippen LogP contribution in [0.25, 0.3) is 0 Å². The van der Waals surface area contributed by atoms with E-state index in [2.05, 4.69) is 0 Å². The highest BCUT2D eigenvalue weighted by molar-refractivity contribution is 5.55. The average molecular weight is 174 g/mol. The summed E-state index contributed by atoms with van der Waals surface area (Å²) >= 11 is 0. The summed E-state index contributed by atoms with van der Waals surface area (Å²) in [6.07, 6.45) is 2.23. The van der Waals surface area contributed by atoms with E-state index >= 15 is 0 Å². The molecule has 12 heavy (non-hydrogen) atoms. The predicted octanol–water partition coefficient (Wildman–Crippen LogP) is 1.41. The summed E-state index contributed by atoms with van der Waals surface area (Å²) in [7, 11) is 0. The lowest BCUT2D eigenvalue weighted by molar-refractivity contribution is -0.118. The third-order valence-electron chi connectivity index (χ3n) is 1.52. The molecule has 72 valence electrons. The van der Waals surface area contributed by atoms with E-state index in [-0.39, 0.29) is 6.10 Å². The van der Waals surface area contributed by atoms with Gasteiger partial charge in [-0.3, -0.25) is 0 Å². The van der Waals surface area contributed by atoms with E-state index in [0.29, 0.717) is 13.2 Å². The van der Waals surface area contributed by atoms with Gasteiger partial charge in [0.1, 0.15) is 12.4 Å². The molecule has 0 bridgehead atoms. The summed E-state index contributed by atoms with van der Waals surface area (Å²) in [5, 5.41) is 0. The van der Waals surface area contributed by atoms with Crippen LogP contribution in [0.5, 0.6) is 0 Å². The molecule has 3 heteroatoms. The van der Waals surface area contributed by atoms with E-state index in [1.165, 1.54) is 0 Å². The molecule has 0 fully saturated rings. The van der Waals surface area contributed by atoms with Crippen molar-refractivity contribution in [1.82, 2.24) is 0 Å². The van der Waals surface area contributed by atoms with E-state index in [9.17, 15) is 4.79 Å². The first-order valence-electron chi connectivity index (χ1n) is 4.49. The van der Waals surface area contributed by atoms with E-state index in [1.54, 1.807) is 0 Å². The van der Waals surface area contributed by atoms with Gasteiger partial charge in [-0.25, -0.2) is 0 Å². The molecule has 0 N–H and O–H groups in total. The van der Waals surface area contributed by atoms with E-state index < -0.39 is 0 Å². The molecule has 0 aromatic heterocycles. The fourth-order valence-corrected chi connectivity index (χ4v) is 0.793. The first-order valence-corrected chi connectivity index (χ1v) is 4.49. The normalized spacial score (nSPS) is 12.8. The van der Waals surface area contributed by atoms with Crippen LogP contribution in [0.15, 0.2) is 0 Å². The average Bonchev–Trinajstić information content (AvgIpc) is 2.11. The Bertz CT molecular complexity index is 104. The Labute approximate surface area is 74.0 Å². The fourth-order valence-electron chi connectivity index (χ4n) is 0.793. The molecule has 1 atom stereocenters. The highest BCUT2D eigenvalue weighted by Crippen LogP contribution is 1.95. The number of aldehydes is 1. The standard InChI is InChI=1S/C9H18O3/c1-3-9(8-10)12-7-5-6-11-4-2/h8-9H,3-7H2,1-2H3. The molecule has 0 radical (unpaired) electrons. The van der Waals surface area contributed by atoms with E-state index in [4.69, 9.17) is 9.47 Å². The van der Waals surface area contributed by atoms with Gasteiger partial charge in [0.25, 0.3) is 0 Å². The van der Waals surface area contributed by atoms with Crippen LogP contribution in [0, 0.1) is 0 Å². The minimum atomic E-state index is -0.230. The zero-order valence-corrected chi connectivity index (χ0v) is 7.91. The summed E-state index contributed by atoms with van der Waals surface area (Å²) in [4.78, 5) is 10.3. The van der Waals surface area contributed by atoms with Crippen molar-refractivity contribution in [2.45, 2.75) is 32.8 Å². The van der Waals surface area contributed by atoms with Gasteiger partial charge in [0.05, 0.1) is 0 Å². The van der Waals surface area contributed by atoms with Crippen molar-refractivity contribution < 1.29 is 14.3 Å². The molecule has 0 aliphatic heterocycles. The zero-order chi connectivity index (χ0) is 9.23. The Balaban J connectivity index is 3.12. The van der Waals surface area contributed by atoms with Gasteiger partial charge >= 0.3 is 0 Å². The summed E-state index contributed by atoms with van der Waals surface area (Å²) in [5.41, 5.74) is 0. The number of hydrogen-bond donors (Lipinski definition) is 0. The van der Waals surface area contributed by atoms with Crippen molar-refractivity contribution in [1.29, 1.82) is 0 Å². The van der Waals surface area contributed by atoms with Gasteiger partial charge in [-0.15, -0.1) is 0 Å². The second-order valence-electron chi connectivity index (χ2n) is 2.50. The molecular formula is C9H18O3. The van der Waals surface area contributed by atoms with Crippen LogP contribution in [0.2, 0.25) is 0 Å². The van der Waals surface area contributed by atoms with Crippen molar-refractivity contribution in [3.8, 4) is 0 Å². The second kappa shape index (κ2) is 8.68. The number of rotatable bonds is 8. The van der Waals surface area contributed by atoms with Crippen LogP contribution in [0.4, 0.5) is 0 Å². The maximum atomic E-state index is 10.3. The number of carbonyl (C=O) groups is 1. The van der Waals surface area contributed by atoms with Gasteiger partial charge in [0, 0.05) is 19.8 Å². The van der Waals surface area contributed by atoms with Gasteiger partial charge in [-0.05, 0) is 19.8 Å². The van der Waals surface area contributed by atoms with E-state index in [1.807, 2.05) is 13.8 Å². The molecule has 0 heterocycles. The molecule has 0 amide bonds. The number of ether oxygens (including phenoxy) is 2. The van der Waals surface area contributed by atoms with Crippen LogP contribution >= 0.6 is 0 Å². The van der Waals surface area contributed by atoms with Crippen molar-refractivity contribution in [2.75, 3.05) is 19.8 Å². The van der Waals surface area contributed by atoms with Crippen molar-refractivity contribution in [3.05, 3.63) is 0 Å². The molecule has 3 nitrogen and oxygen atoms in total. The van der Waals surface area contributed by atoms with Gasteiger partial charge in [0.15, 0.2) is 0 Å². The molecular weight excluding hydrogens is 156 g/mol. The zero-order valence-electron chi connectivity index (χ0n) is 7.91. The number of carbonyl (C=O) groups excluding carboxylic acids is 1. The third-order valence-corrected chi connectivity index (χ3v) is 1.52. The Morgan fingerprint density at radius 1 is 1.33 bits per heavy atom. The van der Waals surface area contributed by atoms with Crippen LogP contribution in [0.1, 0.15) is 26.7 Å². The lowest BCUT2D eigenvalue weighted by atomic mass is 10.3. The maximum Gasteiger partial charge on any atom is 0.148 e. The lowest BCUT2D eigenvalue weighted by Crippen LogP contribution is -2.14. The Morgan fingerprint density at radius 2 is 2.08 bits per heavy atom. The molecule has 0 aromatic rings. The van der Waals surface area contributed by atoms with Crippen molar-refractivity contribution >= 4 is 6.29 Å². The van der Waals surface area contributed by atoms with Crippen molar-refractivity contribution in [3.63, 3.8) is 0 Å². The fraction of sp³-hybridized carbons (Fsp3) is 0.889. The monoisotopic (exact) mass is 174 g/mol. The van der Waals surface area contributed by atoms with E-state index in [0.717, 1.165) is 25.7 Å². The molecule has 0 spiro atoms. The Hall–Kier alpha value is -0.410. The number of hydrogen-bond acceptors (Lipinski definition) is 3. The van der Waals surface area contributed by atoms with Gasteiger partial charge in [-0.2, -0.15) is 0 Å². The van der Waals surface area contributed by atoms with Gasteiger partial charge < -0.3 is 14.3 Å². The molecule has 1 unspecified atom stereocenters. The molecule has 0 saturated heterocycles.